The maximum Gasteiger partial charge on any atom is 0.270 e. The number of hydrogen-bond acceptors (Lipinski definition) is 3. The van der Waals surface area contributed by atoms with Crippen molar-refractivity contribution in [1.29, 1.82) is 0 Å². The lowest BCUT2D eigenvalue weighted by Gasteiger charge is -2.14. The molecule has 0 saturated heterocycles. The van der Waals surface area contributed by atoms with Gasteiger partial charge in [-0.05, 0) is 43.0 Å². The van der Waals surface area contributed by atoms with Gasteiger partial charge in [0, 0.05) is 18.8 Å². The Hall–Kier alpha value is -1.68. The van der Waals surface area contributed by atoms with E-state index in [2.05, 4.69) is 21.7 Å². The maximum absolute atomic E-state index is 11.8. The first-order chi connectivity index (χ1) is 8.83. The molecule has 18 heavy (non-hydrogen) atoms. The van der Waals surface area contributed by atoms with Crippen molar-refractivity contribution in [1.82, 2.24) is 15.6 Å². The molecule has 0 atom stereocenters. The molecule has 1 aromatic rings. The second-order valence-electron chi connectivity index (χ2n) is 4.86. The highest BCUT2D eigenvalue weighted by Crippen LogP contribution is 2.20. The smallest absolute Gasteiger partial charge is 0.270 e. The number of carbonyl (C=O) groups is 1. The van der Waals surface area contributed by atoms with E-state index >= 15 is 0 Å². The van der Waals surface area contributed by atoms with Crippen LogP contribution in [-0.4, -0.2) is 30.0 Å². The van der Waals surface area contributed by atoms with E-state index in [0.717, 1.165) is 37.9 Å². The van der Waals surface area contributed by atoms with Gasteiger partial charge in [0.15, 0.2) is 0 Å². The summed E-state index contributed by atoms with van der Waals surface area (Å²) in [4.78, 5) is 16.0. The molecular weight excluding hydrogens is 226 g/mol. The Kier molecular flexibility index (Phi) is 3.11. The van der Waals surface area contributed by atoms with Crippen LogP contribution in [0.4, 0.5) is 0 Å². The molecule has 2 aliphatic rings. The highest BCUT2D eigenvalue weighted by molar-refractivity contribution is 5.92. The summed E-state index contributed by atoms with van der Waals surface area (Å²) in [6.45, 7) is 1.93. The zero-order chi connectivity index (χ0) is 12.4. The first-order valence-electron chi connectivity index (χ1n) is 6.50. The molecule has 2 N–H and O–H groups in total. The Bertz CT molecular complexity index is 474. The van der Waals surface area contributed by atoms with Gasteiger partial charge in [0.1, 0.15) is 5.69 Å². The minimum absolute atomic E-state index is 0.0525. The summed E-state index contributed by atoms with van der Waals surface area (Å²) < 4.78 is 0. The molecule has 4 nitrogen and oxygen atoms in total. The predicted molar refractivity (Wildman–Crippen MR) is 70.2 cm³/mol. The molecule has 94 valence electrons. The van der Waals surface area contributed by atoms with Crippen LogP contribution in [0, 0.1) is 0 Å². The topological polar surface area (TPSA) is 54.0 Å². The predicted octanol–water partition coefficient (Wildman–Crippen LogP) is 1.35. The van der Waals surface area contributed by atoms with Gasteiger partial charge in [-0.1, -0.05) is 12.1 Å². The summed E-state index contributed by atoms with van der Waals surface area (Å²) in [6.07, 6.45) is 7.21. The summed E-state index contributed by atoms with van der Waals surface area (Å²) in [5, 5.41) is 6.22. The fraction of sp³-hybridized carbons (Fsp3) is 0.429. The summed E-state index contributed by atoms with van der Waals surface area (Å²) in [5.41, 5.74) is 2.95. The molecule has 1 aliphatic heterocycles. The van der Waals surface area contributed by atoms with Crippen molar-refractivity contribution in [3.63, 3.8) is 0 Å². The van der Waals surface area contributed by atoms with Gasteiger partial charge in [-0.3, -0.25) is 9.78 Å². The molecule has 1 aliphatic carbocycles. The molecule has 4 heteroatoms. The molecule has 0 aromatic carbocycles. The average molecular weight is 243 g/mol. The average Bonchev–Trinajstić information content (AvgIpc) is 3.24. The monoisotopic (exact) mass is 243 g/mol. The number of hydrogen-bond donors (Lipinski definition) is 2. The Labute approximate surface area is 106 Å². The van der Waals surface area contributed by atoms with Crippen molar-refractivity contribution in [2.45, 2.75) is 25.3 Å². The number of rotatable bonds is 3. The van der Waals surface area contributed by atoms with Crippen LogP contribution in [0.3, 0.4) is 0 Å². The molecule has 0 unspecified atom stereocenters. The largest absolute Gasteiger partial charge is 0.348 e. The number of aromatic nitrogens is 1. The van der Waals surface area contributed by atoms with Crippen LogP contribution in [0.15, 0.2) is 24.4 Å². The van der Waals surface area contributed by atoms with Gasteiger partial charge in [-0.15, -0.1) is 0 Å². The number of carbonyl (C=O) groups excluding carboxylic acids is 1. The van der Waals surface area contributed by atoms with E-state index in [1.807, 2.05) is 12.1 Å². The van der Waals surface area contributed by atoms with Gasteiger partial charge in [0.2, 0.25) is 0 Å². The third-order valence-electron chi connectivity index (χ3n) is 3.34. The van der Waals surface area contributed by atoms with E-state index in [0.29, 0.717) is 11.7 Å². The lowest BCUT2D eigenvalue weighted by atomic mass is 10.0. The first-order valence-corrected chi connectivity index (χ1v) is 6.50. The van der Waals surface area contributed by atoms with Crippen LogP contribution < -0.4 is 10.6 Å². The Morgan fingerprint density at radius 3 is 2.89 bits per heavy atom. The van der Waals surface area contributed by atoms with Crippen LogP contribution in [0.1, 0.15) is 35.3 Å². The minimum Gasteiger partial charge on any atom is -0.348 e. The van der Waals surface area contributed by atoms with Crippen molar-refractivity contribution < 1.29 is 4.79 Å². The number of nitrogens with zero attached hydrogens (tertiary/aromatic N) is 1. The quantitative estimate of drug-likeness (QED) is 0.842. The second-order valence-corrected chi connectivity index (χ2v) is 4.86. The fourth-order valence-electron chi connectivity index (χ4n) is 2.09. The number of amides is 1. The van der Waals surface area contributed by atoms with Crippen LogP contribution in [0.25, 0.3) is 5.57 Å². The first kappa shape index (κ1) is 11.4. The highest BCUT2D eigenvalue weighted by atomic mass is 16.2. The van der Waals surface area contributed by atoms with Gasteiger partial charge in [0.25, 0.3) is 5.91 Å². The standard InChI is InChI=1S/C14H17N3O/c18-14(17-12-2-3-12)13-4-1-11(9-16-13)10-5-7-15-8-6-10/h1,4-5,9,12,15H,2-3,6-8H2,(H,17,18). The molecule has 1 fully saturated rings. The normalized spacial score (nSPS) is 19.2. The Morgan fingerprint density at radius 2 is 2.28 bits per heavy atom. The molecule has 2 heterocycles. The van der Waals surface area contributed by atoms with Gasteiger partial charge < -0.3 is 10.6 Å². The minimum atomic E-state index is -0.0525. The van der Waals surface area contributed by atoms with Crippen molar-refractivity contribution in [2.24, 2.45) is 0 Å². The molecule has 3 rings (SSSR count). The van der Waals surface area contributed by atoms with Crippen LogP contribution in [0.2, 0.25) is 0 Å². The molecular formula is C14H17N3O. The van der Waals surface area contributed by atoms with Crippen molar-refractivity contribution in [3.05, 3.63) is 35.7 Å². The third kappa shape index (κ3) is 2.59. The summed E-state index contributed by atoms with van der Waals surface area (Å²) in [5.74, 6) is -0.0525. The molecule has 0 spiro atoms. The summed E-state index contributed by atoms with van der Waals surface area (Å²) in [6, 6.07) is 4.19. The van der Waals surface area contributed by atoms with E-state index in [-0.39, 0.29) is 5.91 Å². The second kappa shape index (κ2) is 4.90. The summed E-state index contributed by atoms with van der Waals surface area (Å²) >= 11 is 0. The molecule has 1 amide bonds. The van der Waals surface area contributed by atoms with Crippen LogP contribution >= 0.6 is 0 Å². The highest BCUT2D eigenvalue weighted by Gasteiger charge is 2.24. The van der Waals surface area contributed by atoms with Crippen molar-refractivity contribution in [2.75, 3.05) is 13.1 Å². The number of pyridine rings is 1. The maximum atomic E-state index is 11.8. The van der Waals surface area contributed by atoms with Gasteiger partial charge in [0.05, 0.1) is 0 Å². The van der Waals surface area contributed by atoms with Crippen LogP contribution in [0.5, 0.6) is 0 Å². The number of nitrogens with one attached hydrogen (secondary N) is 2. The Morgan fingerprint density at radius 1 is 1.39 bits per heavy atom. The van der Waals surface area contributed by atoms with E-state index in [9.17, 15) is 4.79 Å². The van der Waals surface area contributed by atoms with Gasteiger partial charge in [-0.25, -0.2) is 0 Å². The SMILES string of the molecule is O=C(NC1CC1)c1ccc(C2=CCNCC2)cn1. The van der Waals surface area contributed by atoms with Gasteiger partial charge in [-0.2, -0.15) is 0 Å². The third-order valence-corrected chi connectivity index (χ3v) is 3.34. The molecule has 1 aromatic heterocycles. The lowest BCUT2D eigenvalue weighted by Crippen LogP contribution is -2.26. The van der Waals surface area contributed by atoms with Gasteiger partial charge >= 0.3 is 0 Å². The van der Waals surface area contributed by atoms with Crippen LogP contribution in [-0.2, 0) is 0 Å². The zero-order valence-corrected chi connectivity index (χ0v) is 10.3. The van der Waals surface area contributed by atoms with E-state index in [4.69, 9.17) is 0 Å². The molecule has 0 bridgehead atoms. The van der Waals surface area contributed by atoms with Crippen molar-refractivity contribution in [3.8, 4) is 0 Å². The van der Waals surface area contributed by atoms with E-state index < -0.39 is 0 Å². The summed E-state index contributed by atoms with van der Waals surface area (Å²) in [7, 11) is 0. The molecule has 1 saturated carbocycles. The van der Waals surface area contributed by atoms with E-state index in [1.54, 1.807) is 6.20 Å². The van der Waals surface area contributed by atoms with E-state index in [1.165, 1.54) is 5.57 Å². The molecule has 0 radical (unpaired) electrons. The fourth-order valence-corrected chi connectivity index (χ4v) is 2.09. The van der Waals surface area contributed by atoms with Crippen molar-refractivity contribution >= 4 is 11.5 Å². The lowest BCUT2D eigenvalue weighted by molar-refractivity contribution is 0.0946. The Balaban J connectivity index is 1.71. The zero-order valence-electron chi connectivity index (χ0n) is 10.3.